The zero-order valence-corrected chi connectivity index (χ0v) is 9.90. The second kappa shape index (κ2) is 4.33. The average Bonchev–Trinajstić information content (AvgIpc) is 2.29. The molecule has 0 unspecified atom stereocenters. The molecule has 1 aromatic carbocycles. The van der Waals surface area contributed by atoms with Gasteiger partial charge in [0, 0.05) is 12.8 Å². The van der Waals surface area contributed by atoms with Crippen LogP contribution >= 0.6 is 0 Å². The predicted molar refractivity (Wildman–Crippen MR) is 62.1 cm³/mol. The molecule has 2 rings (SSSR count). The highest BCUT2D eigenvalue weighted by Crippen LogP contribution is 2.28. The van der Waals surface area contributed by atoms with Gasteiger partial charge in [-0.3, -0.25) is 4.79 Å². The summed E-state index contributed by atoms with van der Waals surface area (Å²) in [7, 11) is -3.88. The van der Waals surface area contributed by atoms with Crippen LogP contribution in [-0.4, -0.2) is 19.3 Å². The molecular formula is C12H12O4S. The molecule has 0 fully saturated rings. The molecule has 90 valence electrons. The van der Waals surface area contributed by atoms with Crippen LogP contribution in [0.1, 0.15) is 19.3 Å². The molecule has 0 saturated carbocycles. The Morgan fingerprint density at radius 1 is 1.06 bits per heavy atom. The van der Waals surface area contributed by atoms with E-state index in [1.807, 2.05) is 0 Å². The number of ketones is 1. The molecule has 0 saturated heterocycles. The number of aliphatic hydroxyl groups excluding tert-OH is 1. The topological polar surface area (TPSA) is 71.4 Å². The fourth-order valence-corrected chi connectivity index (χ4v) is 3.39. The van der Waals surface area contributed by atoms with Crippen molar-refractivity contribution in [3.05, 3.63) is 41.0 Å². The molecule has 0 heterocycles. The number of hydrogen-bond donors (Lipinski definition) is 1. The monoisotopic (exact) mass is 252 g/mol. The first kappa shape index (κ1) is 11.9. The molecule has 1 aliphatic rings. The Morgan fingerprint density at radius 3 is 2.29 bits per heavy atom. The number of benzene rings is 1. The number of Topliss-reactive ketones (excluding diaryl/α,β-unsaturated/α-hetero) is 1. The molecule has 0 bridgehead atoms. The first-order valence-electron chi connectivity index (χ1n) is 5.29. The molecule has 0 amide bonds. The molecular weight excluding hydrogens is 240 g/mol. The van der Waals surface area contributed by atoms with E-state index < -0.39 is 20.5 Å². The molecule has 0 aromatic heterocycles. The van der Waals surface area contributed by atoms with Crippen LogP contribution in [-0.2, 0) is 14.6 Å². The van der Waals surface area contributed by atoms with Gasteiger partial charge in [-0.1, -0.05) is 18.2 Å². The highest BCUT2D eigenvalue weighted by molar-refractivity contribution is 7.96. The Balaban J connectivity index is 2.57. The molecule has 0 radical (unpaired) electrons. The summed E-state index contributed by atoms with van der Waals surface area (Å²) >= 11 is 0. The van der Waals surface area contributed by atoms with Crippen molar-refractivity contribution < 1.29 is 18.3 Å². The van der Waals surface area contributed by atoms with E-state index in [2.05, 4.69) is 0 Å². The minimum Gasteiger partial charge on any atom is -0.511 e. The molecule has 0 aliphatic heterocycles. The van der Waals surface area contributed by atoms with Crippen molar-refractivity contribution in [2.75, 3.05) is 0 Å². The van der Waals surface area contributed by atoms with E-state index in [4.69, 9.17) is 0 Å². The third kappa shape index (κ3) is 2.10. The van der Waals surface area contributed by atoms with Gasteiger partial charge in [-0.25, -0.2) is 8.42 Å². The zero-order valence-electron chi connectivity index (χ0n) is 9.09. The van der Waals surface area contributed by atoms with E-state index >= 15 is 0 Å². The Kier molecular flexibility index (Phi) is 3.02. The fraction of sp³-hybridized carbons (Fsp3) is 0.250. The van der Waals surface area contributed by atoms with Gasteiger partial charge in [0.15, 0.2) is 10.7 Å². The number of carbonyl (C=O) groups excluding carboxylic acids is 1. The van der Waals surface area contributed by atoms with Crippen molar-refractivity contribution in [1.82, 2.24) is 0 Å². The van der Waals surface area contributed by atoms with E-state index in [1.54, 1.807) is 18.2 Å². The molecule has 17 heavy (non-hydrogen) atoms. The summed E-state index contributed by atoms with van der Waals surface area (Å²) in [5.41, 5.74) is 0. The predicted octanol–water partition coefficient (Wildman–Crippen LogP) is 1.98. The Hall–Kier alpha value is -1.62. The van der Waals surface area contributed by atoms with Crippen molar-refractivity contribution in [3.63, 3.8) is 0 Å². The van der Waals surface area contributed by atoms with Crippen molar-refractivity contribution in [1.29, 1.82) is 0 Å². The Labute approximate surface area is 99.5 Å². The molecule has 4 nitrogen and oxygen atoms in total. The molecule has 0 atom stereocenters. The first-order valence-corrected chi connectivity index (χ1v) is 6.77. The lowest BCUT2D eigenvalue weighted by atomic mass is 10.1. The second-order valence-corrected chi connectivity index (χ2v) is 5.76. The van der Waals surface area contributed by atoms with Gasteiger partial charge in [-0.2, -0.15) is 0 Å². The quantitative estimate of drug-likeness (QED) is 0.873. The molecule has 1 N–H and O–H groups in total. The van der Waals surface area contributed by atoms with Crippen molar-refractivity contribution in [2.45, 2.75) is 24.2 Å². The van der Waals surface area contributed by atoms with Gasteiger partial charge in [-0.05, 0) is 18.6 Å². The van der Waals surface area contributed by atoms with E-state index in [0.29, 0.717) is 6.42 Å². The van der Waals surface area contributed by atoms with Crippen LogP contribution in [0.2, 0.25) is 0 Å². The number of allylic oxidation sites excluding steroid dienone is 2. The van der Waals surface area contributed by atoms with Crippen LogP contribution in [0.5, 0.6) is 0 Å². The number of carbonyl (C=O) groups is 1. The normalized spacial score (nSPS) is 17.3. The lowest BCUT2D eigenvalue weighted by molar-refractivity contribution is -0.115. The highest BCUT2D eigenvalue weighted by atomic mass is 32.2. The maximum absolute atomic E-state index is 12.2. The van der Waals surface area contributed by atoms with Gasteiger partial charge in [0.1, 0.15) is 5.76 Å². The summed E-state index contributed by atoms with van der Waals surface area (Å²) < 4.78 is 24.3. The van der Waals surface area contributed by atoms with E-state index in [1.165, 1.54) is 12.1 Å². The Morgan fingerprint density at radius 2 is 1.71 bits per heavy atom. The summed E-state index contributed by atoms with van der Waals surface area (Å²) in [6, 6.07) is 7.68. The van der Waals surface area contributed by atoms with Crippen LogP contribution in [0.3, 0.4) is 0 Å². The number of hydrogen-bond acceptors (Lipinski definition) is 4. The van der Waals surface area contributed by atoms with Gasteiger partial charge in [0.05, 0.1) is 4.90 Å². The average molecular weight is 252 g/mol. The lowest BCUT2D eigenvalue weighted by Gasteiger charge is -2.15. The third-order valence-electron chi connectivity index (χ3n) is 2.66. The van der Waals surface area contributed by atoms with Crippen LogP contribution in [0.15, 0.2) is 45.9 Å². The van der Waals surface area contributed by atoms with Crippen LogP contribution in [0.4, 0.5) is 0 Å². The van der Waals surface area contributed by atoms with Gasteiger partial charge >= 0.3 is 0 Å². The third-order valence-corrected chi connectivity index (χ3v) is 4.55. The van der Waals surface area contributed by atoms with Gasteiger partial charge in [0.2, 0.25) is 9.84 Å². The van der Waals surface area contributed by atoms with Gasteiger partial charge in [0.25, 0.3) is 0 Å². The van der Waals surface area contributed by atoms with Crippen LogP contribution in [0, 0.1) is 0 Å². The zero-order chi connectivity index (χ0) is 12.5. The van der Waals surface area contributed by atoms with Gasteiger partial charge < -0.3 is 5.11 Å². The van der Waals surface area contributed by atoms with Crippen LogP contribution in [0.25, 0.3) is 0 Å². The summed E-state index contributed by atoms with van der Waals surface area (Å²) in [6.45, 7) is 0. The Bertz CT molecular complexity index is 570. The van der Waals surface area contributed by atoms with E-state index in [-0.39, 0.29) is 23.5 Å². The van der Waals surface area contributed by atoms with Crippen molar-refractivity contribution in [2.24, 2.45) is 0 Å². The fourth-order valence-electron chi connectivity index (χ4n) is 1.83. The standard InChI is InChI=1S/C12H12O4S/c13-10-7-4-8-11(14)12(10)17(15,16)9-5-2-1-3-6-9/h1-3,5-6,13H,4,7-8H2. The number of aliphatic hydroxyl groups is 1. The highest BCUT2D eigenvalue weighted by Gasteiger charge is 2.32. The molecule has 1 aromatic rings. The SMILES string of the molecule is O=C1CCCC(O)=C1S(=O)(=O)c1ccccc1. The van der Waals surface area contributed by atoms with Crippen molar-refractivity contribution in [3.8, 4) is 0 Å². The maximum atomic E-state index is 12.2. The summed E-state index contributed by atoms with van der Waals surface area (Å²) in [6.07, 6.45) is 0.914. The van der Waals surface area contributed by atoms with Gasteiger partial charge in [-0.15, -0.1) is 0 Å². The minimum absolute atomic E-state index is 0.0387. The second-order valence-electron chi connectivity index (χ2n) is 3.87. The molecule has 5 heteroatoms. The number of rotatable bonds is 2. The number of sulfone groups is 1. The summed E-state index contributed by atoms with van der Waals surface area (Å²) in [5.74, 6) is -0.817. The maximum Gasteiger partial charge on any atom is 0.213 e. The lowest BCUT2D eigenvalue weighted by Crippen LogP contribution is -2.19. The first-order chi connectivity index (χ1) is 8.03. The summed E-state index contributed by atoms with van der Waals surface area (Å²) in [5, 5.41) is 9.62. The smallest absolute Gasteiger partial charge is 0.213 e. The largest absolute Gasteiger partial charge is 0.511 e. The minimum atomic E-state index is -3.88. The van der Waals surface area contributed by atoms with Crippen LogP contribution < -0.4 is 0 Å². The van der Waals surface area contributed by atoms with Crippen molar-refractivity contribution >= 4 is 15.6 Å². The molecule has 1 aliphatic carbocycles. The van der Waals surface area contributed by atoms with E-state index in [9.17, 15) is 18.3 Å². The summed E-state index contributed by atoms with van der Waals surface area (Å²) in [4.78, 5) is 11.2. The van der Waals surface area contributed by atoms with E-state index in [0.717, 1.165) is 0 Å². The molecule has 0 spiro atoms.